The van der Waals surface area contributed by atoms with E-state index in [1.807, 2.05) is 44.4 Å². The van der Waals surface area contributed by atoms with Gasteiger partial charge in [0.15, 0.2) is 0 Å². The molecule has 0 aliphatic rings. The van der Waals surface area contributed by atoms with E-state index in [1.54, 1.807) is 0 Å². The molecule has 78 valence electrons. The Morgan fingerprint density at radius 3 is 2.29 bits per heavy atom. The molecule has 0 fully saturated rings. The van der Waals surface area contributed by atoms with Gasteiger partial charge in [-0.1, -0.05) is 37.3 Å². The van der Waals surface area contributed by atoms with Gasteiger partial charge in [-0.05, 0) is 25.6 Å². The zero-order valence-electron chi connectivity index (χ0n) is 9.14. The summed E-state index contributed by atoms with van der Waals surface area (Å²) in [6.07, 6.45) is -0.362. The Morgan fingerprint density at radius 1 is 1.21 bits per heavy atom. The zero-order chi connectivity index (χ0) is 10.6. The van der Waals surface area contributed by atoms with Gasteiger partial charge in [0.1, 0.15) is 0 Å². The molecule has 0 saturated carbocycles. The van der Waals surface area contributed by atoms with Crippen LogP contribution in [0.2, 0.25) is 0 Å². The van der Waals surface area contributed by atoms with Crippen molar-refractivity contribution >= 4 is 0 Å². The second kappa shape index (κ2) is 5.13. The minimum Gasteiger partial charge on any atom is -0.388 e. The third kappa shape index (κ3) is 3.13. The summed E-state index contributed by atoms with van der Waals surface area (Å²) in [7, 11) is 4.04. The van der Waals surface area contributed by atoms with Crippen molar-refractivity contribution < 1.29 is 5.11 Å². The van der Waals surface area contributed by atoms with Crippen molar-refractivity contribution in [1.82, 2.24) is 4.90 Å². The van der Waals surface area contributed by atoms with Crippen molar-refractivity contribution in [2.24, 2.45) is 5.92 Å². The van der Waals surface area contributed by atoms with Gasteiger partial charge in [0.2, 0.25) is 0 Å². The molecule has 1 N–H and O–H groups in total. The maximum Gasteiger partial charge on any atom is 0.0827 e. The smallest absolute Gasteiger partial charge is 0.0827 e. The van der Waals surface area contributed by atoms with Crippen molar-refractivity contribution in [2.75, 3.05) is 20.6 Å². The van der Waals surface area contributed by atoms with Crippen molar-refractivity contribution in [1.29, 1.82) is 0 Å². The molecular weight excluding hydrogens is 174 g/mol. The molecule has 2 atom stereocenters. The molecule has 0 aliphatic heterocycles. The van der Waals surface area contributed by atoms with Crippen molar-refractivity contribution in [3.63, 3.8) is 0 Å². The van der Waals surface area contributed by atoms with Crippen LogP contribution in [0.25, 0.3) is 0 Å². The molecule has 2 nitrogen and oxygen atoms in total. The predicted octanol–water partition coefficient (Wildman–Crippen LogP) is 1.92. The molecule has 0 bridgehead atoms. The molecule has 1 aromatic rings. The van der Waals surface area contributed by atoms with E-state index in [4.69, 9.17) is 0 Å². The van der Waals surface area contributed by atoms with Crippen LogP contribution in [0, 0.1) is 5.92 Å². The Labute approximate surface area is 86.2 Å². The summed E-state index contributed by atoms with van der Waals surface area (Å²) < 4.78 is 0. The lowest BCUT2D eigenvalue weighted by Gasteiger charge is -2.22. The van der Waals surface area contributed by atoms with Crippen LogP contribution in [-0.2, 0) is 0 Å². The molecule has 0 aromatic heterocycles. The lowest BCUT2D eigenvalue weighted by molar-refractivity contribution is 0.100. The van der Waals surface area contributed by atoms with E-state index in [9.17, 15) is 5.11 Å². The Balaban J connectivity index is 2.61. The van der Waals surface area contributed by atoms with Crippen molar-refractivity contribution in [2.45, 2.75) is 13.0 Å². The van der Waals surface area contributed by atoms with Crippen LogP contribution >= 0.6 is 0 Å². The van der Waals surface area contributed by atoms with Crippen LogP contribution in [0.15, 0.2) is 30.3 Å². The minimum atomic E-state index is -0.362. The molecule has 0 radical (unpaired) electrons. The van der Waals surface area contributed by atoms with Crippen LogP contribution in [0.3, 0.4) is 0 Å². The predicted molar refractivity (Wildman–Crippen MR) is 59.1 cm³/mol. The van der Waals surface area contributed by atoms with Crippen LogP contribution in [0.4, 0.5) is 0 Å². The lowest BCUT2D eigenvalue weighted by atomic mass is 9.97. The minimum absolute atomic E-state index is 0.257. The SMILES string of the molecule is C[C@H](CN(C)C)[C@H](O)c1ccccc1. The number of rotatable bonds is 4. The van der Waals surface area contributed by atoms with Crippen LogP contribution in [-0.4, -0.2) is 30.6 Å². The quantitative estimate of drug-likeness (QED) is 0.789. The summed E-state index contributed by atoms with van der Waals surface area (Å²) in [5, 5.41) is 10.0. The molecule has 0 unspecified atom stereocenters. The lowest BCUT2D eigenvalue weighted by Crippen LogP contribution is -2.24. The highest BCUT2D eigenvalue weighted by molar-refractivity contribution is 5.17. The summed E-state index contributed by atoms with van der Waals surface area (Å²) in [5.41, 5.74) is 1.00. The first-order valence-corrected chi connectivity index (χ1v) is 4.99. The number of aliphatic hydroxyl groups excluding tert-OH is 1. The Morgan fingerprint density at radius 2 is 1.79 bits per heavy atom. The molecule has 1 rings (SSSR count). The average Bonchev–Trinajstić information content (AvgIpc) is 2.17. The summed E-state index contributed by atoms with van der Waals surface area (Å²) in [6, 6.07) is 9.82. The number of benzene rings is 1. The molecule has 0 aliphatic carbocycles. The Kier molecular flexibility index (Phi) is 4.11. The molecule has 14 heavy (non-hydrogen) atoms. The van der Waals surface area contributed by atoms with Crippen LogP contribution in [0.5, 0.6) is 0 Å². The second-order valence-electron chi connectivity index (χ2n) is 4.10. The van der Waals surface area contributed by atoms with Gasteiger partial charge in [-0.25, -0.2) is 0 Å². The fourth-order valence-corrected chi connectivity index (χ4v) is 1.65. The second-order valence-corrected chi connectivity index (χ2v) is 4.10. The summed E-state index contributed by atoms with van der Waals surface area (Å²) in [4.78, 5) is 2.09. The number of nitrogens with zero attached hydrogens (tertiary/aromatic N) is 1. The van der Waals surface area contributed by atoms with Gasteiger partial charge < -0.3 is 10.0 Å². The Hall–Kier alpha value is -0.860. The van der Waals surface area contributed by atoms with Gasteiger partial charge in [-0.3, -0.25) is 0 Å². The number of hydrogen-bond donors (Lipinski definition) is 1. The highest BCUT2D eigenvalue weighted by Crippen LogP contribution is 2.21. The van der Waals surface area contributed by atoms with Gasteiger partial charge in [-0.2, -0.15) is 0 Å². The third-order valence-corrected chi connectivity index (χ3v) is 2.33. The van der Waals surface area contributed by atoms with Gasteiger partial charge in [0.25, 0.3) is 0 Å². The Bertz CT molecular complexity index is 258. The first-order chi connectivity index (χ1) is 6.61. The summed E-state index contributed by atoms with van der Waals surface area (Å²) >= 11 is 0. The maximum atomic E-state index is 10.0. The maximum absolute atomic E-state index is 10.0. The van der Waals surface area contributed by atoms with Crippen LogP contribution < -0.4 is 0 Å². The molecule has 2 heteroatoms. The molecule has 1 aromatic carbocycles. The topological polar surface area (TPSA) is 23.5 Å². The third-order valence-electron chi connectivity index (χ3n) is 2.33. The van der Waals surface area contributed by atoms with E-state index in [0.29, 0.717) is 0 Å². The summed E-state index contributed by atoms with van der Waals surface area (Å²) in [6.45, 7) is 2.97. The van der Waals surface area contributed by atoms with Gasteiger partial charge in [-0.15, -0.1) is 0 Å². The monoisotopic (exact) mass is 193 g/mol. The number of aliphatic hydroxyl groups is 1. The fourth-order valence-electron chi connectivity index (χ4n) is 1.65. The van der Waals surface area contributed by atoms with Crippen molar-refractivity contribution in [3.8, 4) is 0 Å². The van der Waals surface area contributed by atoms with E-state index in [-0.39, 0.29) is 12.0 Å². The normalized spacial score (nSPS) is 15.5. The first kappa shape index (κ1) is 11.2. The van der Waals surface area contributed by atoms with Gasteiger partial charge in [0.05, 0.1) is 6.10 Å². The molecule has 0 heterocycles. The zero-order valence-corrected chi connectivity index (χ0v) is 9.14. The van der Waals surface area contributed by atoms with Gasteiger partial charge in [0, 0.05) is 6.54 Å². The molecule has 0 spiro atoms. The molecule has 0 amide bonds. The average molecular weight is 193 g/mol. The van der Waals surface area contributed by atoms with E-state index in [0.717, 1.165) is 12.1 Å². The molecule has 0 saturated heterocycles. The van der Waals surface area contributed by atoms with E-state index >= 15 is 0 Å². The fraction of sp³-hybridized carbons (Fsp3) is 0.500. The van der Waals surface area contributed by atoms with E-state index in [2.05, 4.69) is 11.8 Å². The van der Waals surface area contributed by atoms with Crippen LogP contribution in [0.1, 0.15) is 18.6 Å². The van der Waals surface area contributed by atoms with Gasteiger partial charge >= 0.3 is 0 Å². The first-order valence-electron chi connectivity index (χ1n) is 4.99. The number of hydrogen-bond acceptors (Lipinski definition) is 2. The van der Waals surface area contributed by atoms with E-state index < -0.39 is 0 Å². The largest absolute Gasteiger partial charge is 0.388 e. The standard InChI is InChI=1S/C12H19NO/c1-10(9-13(2)3)12(14)11-7-5-4-6-8-11/h4-8,10,12,14H,9H2,1-3H3/t10-,12+/m1/s1. The highest BCUT2D eigenvalue weighted by atomic mass is 16.3. The van der Waals surface area contributed by atoms with E-state index in [1.165, 1.54) is 0 Å². The molecular formula is C12H19NO. The highest BCUT2D eigenvalue weighted by Gasteiger charge is 2.16. The van der Waals surface area contributed by atoms with Crippen molar-refractivity contribution in [3.05, 3.63) is 35.9 Å². The summed E-state index contributed by atoms with van der Waals surface area (Å²) in [5.74, 6) is 0.257.